The van der Waals surface area contributed by atoms with E-state index in [0.29, 0.717) is 11.8 Å². The van der Waals surface area contributed by atoms with E-state index in [9.17, 15) is 0 Å². The van der Waals surface area contributed by atoms with Crippen molar-refractivity contribution in [2.45, 2.75) is 49.4 Å². The summed E-state index contributed by atoms with van der Waals surface area (Å²) in [6.45, 7) is 2.42. The fraction of sp³-hybridized carbons (Fsp3) is 0.429. The van der Waals surface area contributed by atoms with Crippen molar-refractivity contribution in [1.82, 2.24) is 9.97 Å². The standard InChI is InChI=1S/C14H17N3OS/c1-9-8-18-14(16-9)19-13-11(7-15)6-10-4-2-3-5-12(10)17-13/h6,8H,2-5,7,15H2,1H3. The lowest BCUT2D eigenvalue weighted by atomic mass is 9.95. The van der Waals surface area contributed by atoms with Crippen molar-refractivity contribution in [3.8, 4) is 0 Å². The van der Waals surface area contributed by atoms with Gasteiger partial charge in [-0.15, -0.1) is 0 Å². The van der Waals surface area contributed by atoms with E-state index in [1.54, 1.807) is 6.26 Å². The molecule has 0 fully saturated rings. The zero-order valence-corrected chi connectivity index (χ0v) is 11.8. The first-order valence-electron chi connectivity index (χ1n) is 6.58. The highest BCUT2D eigenvalue weighted by molar-refractivity contribution is 7.99. The van der Waals surface area contributed by atoms with E-state index in [-0.39, 0.29) is 0 Å². The van der Waals surface area contributed by atoms with Crippen LogP contribution < -0.4 is 5.73 Å². The smallest absolute Gasteiger partial charge is 0.262 e. The van der Waals surface area contributed by atoms with Gasteiger partial charge in [0.2, 0.25) is 0 Å². The molecule has 0 aliphatic heterocycles. The van der Waals surface area contributed by atoms with Gasteiger partial charge in [0.05, 0.1) is 5.69 Å². The SMILES string of the molecule is Cc1coc(Sc2nc3c(cc2CN)CCCC3)n1. The Bertz CT molecular complexity index is 594. The maximum atomic E-state index is 5.84. The van der Waals surface area contributed by atoms with Crippen molar-refractivity contribution in [3.05, 3.63) is 34.8 Å². The van der Waals surface area contributed by atoms with Gasteiger partial charge in [-0.05, 0) is 55.5 Å². The number of hydrogen-bond donors (Lipinski definition) is 1. The number of pyridine rings is 1. The zero-order valence-electron chi connectivity index (χ0n) is 11.0. The molecular weight excluding hydrogens is 258 g/mol. The minimum absolute atomic E-state index is 0.502. The number of aromatic nitrogens is 2. The van der Waals surface area contributed by atoms with Crippen molar-refractivity contribution in [1.29, 1.82) is 0 Å². The maximum Gasteiger partial charge on any atom is 0.262 e. The molecule has 100 valence electrons. The topological polar surface area (TPSA) is 64.9 Å². The van der Waals surface area contributed by atoms with Crippen molar-refractivity contribution in [3.63, 3.8) is 0 Å². The lowest BCUT2D eigenvalue weighted by molar-refractivity contribution is 0.453. The molecule has 2 aromatic rings. The van der Waals surface area contributed by atoms with Crippen molar-refractivity contribution < 1.29 is 4.42 Å². The third kappa shape index (κ3) is 2.67. The Morgan fingerprint density at radius 2 is 2.16 bits per heavy atom. The molecule has 5 heteroatoms. The Hall–Kier alpha value is -1.33. The molecule has 3 rings (SSSR count). The highest BCUT2D eigenvalue weighted by atomic mass is 32.2. The maximum absolute atomic E-state index is 5.84. The highest BCUT2D eigenvalue weighted by Gasteiger charge is 2.16. The summed E-state index contributed by atoms with van der Waals surface area (Å²) in [5, 5.41) is 1.57. The molecule has 1 aliphatic carbocycles. The highest BCUT2D eigenvalue weighted by Crippen LogP contribution is 2.31. The van der Waals surface area contributed by atoms with Crippen LogP contribution in [0.15, 0.2) is 27.0 Å². The van der Waals surface area contributed by atoms with Gasteiger partial charge in [0.25, 0.3) is 5.22 Å². The summed E-state index contributed by atoms with van der Waals surface area (Å²) in [4.78, 5) is 9.08. The molecule has 2 aromatic heterocycles. The van der Waals surface area contributed by atoms with Gasteiger partial charge in [0.15, 0.2) is 0 Å². The molecule has 0 bridgehead atoms. The number of nitrogens with two attached hydrogens (primary N) is 1. The summed E-state index contributed by atoms with van der Waals surface area (Å²) >= 11 is 1.46. The Labute approximate surface area is 116 Å². The molecule has 0 unspecified atom stereocenters. The number of rotatable bonds is 3. The van der Waals surface area contributed by atoms with Crippen LogP contribution in [0.3, 0.4) is 0 Å². The van der Waals surface area contributed by atoms with Crippen LogP contribution in [0, 0.1) is 6.92 Å². The fourth-order valence-corrected chi connectivity index (χ4v) is 3.24. The van der Waals surface area contributed by atoms with Crippen LogP contribution in [0.2, 0.25) is 0 Å². The summed E-state index contributed by atoms with van der Waals surface area (Å²) in [5.41, 5.74) is 10.4. The lowest BCUT2D eigenvalue weighted by Gasteiger charge is -2.17. The molecule has 2 N–H and O–H groups in total. The monoisotopic (exact) mass is 275 g/mol. The Morgan fingerprint density at radius 3 is 2.89 bits per heavy atom. The number of hydrogen-bond acceptors (Lipinski definition) is 5. The molecule has 19 heavy (non-hydrogen) atoms. The predicted octanol–water partition coefficient (Wildman–Crippen LogP) is 2.87. The van der Waals surface area contributed by atoms with Gasteiger partial charge in [0.1, 0.15) is 11.3 Å². The van der Waals surface area contributed by atoms with E-state index < -0.39 is 0 Å². The van der Waals surface area contributed by atoms with Gasteiger partial charge in [-0.2, -0.15) is 0 Å². The van der Waals surface area contributed by atoms with E-state index in [4.69, 9.17) is 15.1 Å². The second kappa shape index (κ2) is 5.35. The molecule has 0 aromatic carbocycles. The van der Waals surface area contributed by atoms with Gasteiger partial charge >= 0.3 is 0 Å². The number of oxazole rings is 1. The third-order valence-electron chi connectivity index (χ3n) is 3.34. The van der Waals surface area contributed by atoms with Crippen LogP contribution in [0.5, 0.6) is 0 Å². The zero-order chi connectivity index (χ0) is 13.2. The van der Waals surface area contributed by atoms with Gasteiger partial charge < -0.3 is 10.2 Å². The van der Waals surface area contributed by atoms with E-state index in [0.717, 1.165) is 29.1 Å². The van der Waals surface area contributed by atoms with Crippen LogP contribution >= 0.6 is 11.8 Å². The Morgan fingerprint density at radius 1 is 1.32 bits per heavy atom. The number of aryl methyl sites for hydroxylation is 3. The van der Waals surface area contributed by atoms with Gasteiger partial charge in [0, 0.05) is 12.2 Å². The number of fused-ring (bicyclic) bond motifs is 1. The molecule has 0 spiro atoms. The van der Waals surface area contributed by atoms with Gasteiger partial charge in [-0.25, -0.2) is 9.97 Å². The van der Waals surface area contributed by atoms with E-state index >= 15 is 0 Å². The summed E-state index contributed by atoms with van der Waals surface area (Å²) < 4.78 is 5.38. The van der Waals surface area contributed by atoms with Crippen LogP contribution in [-0.4, -0.2) is 9.97 Å². The van der Waals surface area contributed by atoms with Gasteiger partial charge in [-0.3, -0.25) is 0 Å². The average Bonchev–Trinajstić information content (AvgIpc) is 2.83. The van der Waals surface area contributed by atoms with Crippen LogP contribution in [0.25, 0.3) is 0 Å². The minimum Gasteiger partial charge on any atom is -0.439 e. The Balaban J connectivity index is 1.95. The number of nitrogens with zero attached hydrogens (tertiary/aromatic N) is 2. The summed E-state index contributed by atoms with van der Waals surface area (Å²) in [7, 11) is 0. The minimum atomic E-state index is 0.502. The first-order chi connectivity index (χ1) is 9.26. The molecular formula is C14H17N3OS. The van der Waals surface area contributed by atoms with E-state index in [1.165, 1.54) is 35.9 Å². The average molecular weight is 275 g/mol. The molecule has 0 radical (unpaired) electrons. The van der Waals surface area contributed by atoms with Crippen LogP contribution in [0.1, 0.15) is 35.4 Å². The third-order valence-corrected chi connectivity index (χ3v) is 4.25. The summed E-state index contributed by atoms with van der Waals surface area (Å²) in [6.07, 6.45) is 6.33. The molecule has 4 nitrogen and oxygen atoms in total. The molecule has 1 aliphatic rings. The van der Waals surface area contributed by atoms with Gasteiger partial charge in [-0.1, -0.05) is 6.07 Å². The van der Waals surface area contributed by atoms with Crippen LogP contribution in [-0.2, 0) is 19.4 Å². The first kappa shape index (κ1) is 12.7. The molecule has 0 saturated carbocycles. The quantitative estimate of drug-likeness (QED) is 0.933. The molecule has 2 heterocycles. The molecule has 0 saturated heterocycles. The lowest BCUT2D eigenvalue weighted by Crippen LogP contribution is -2.10. The summed E-state index contributed by atoms with van der Waals surface area (Å²) in [5.74, 6) is 0. The van der Waals surface area contributed by atoms with Crippen LogP contribution in [0.4, 0.5) is 0 Å². The molecule has 0 amide bonds. The normalized spacial score (nSPS) is 14.4. The van der Waals surface area contributed by atoms with E-state index in [1.807, 2.05) is 6.92 Å². The van der Waals surface area contributed by atoms with Crippen molar-refractivity contribution >= 4 is 11.8 Å². The largest absolute Gasteiger partial charge is 0.439 e. The molecule has 0 atom stereocenters. The van der Waals surface area contributed by atoms with Crippen molar-refractivity contribution in [2.24, 2.45) is 5.73 Å². The Kier molecular flexibility index (Phi) is 3.57. The second-order valence-electron chi connectivity index (χ2n) is 4.83. The second-order valence-corrected chi connectivity index (χ2v) is 5.77. The summed E-state index contributed by atoms with van der Waals surface area (Å²) in [6, 6.07) is 2.21. The van der Waals surface area contributed by atoms with Crippen molar-refractivity contribution in [2.75, 3.05) is 0 Å². The first-order valence-corrected chi connectivity index (χ1v) is 7.39. The predicted molar refractivity (Wildman–Crippen MR) is 74.1 cm³/mol. The van der Waals surface area contributed by atoms with E-state index in [2.05, 4.69) is 11.1 Å². The fourth-order valence-electron chi connectivity index (χ4n) is 2.36.